The van der Waals surface area contributed by atoms with E-state index in [1.165, 1.54) is 6.92 Å². The van der Waals surface area contributed by atoms with Gasteiger partial charge in [-0.1, -0.05) is 6.92 Å². The van der Waals surface area contributed by atoms with Crippen LogP contribution in [-0.4, -0.2) is 35.2 Å². The Morgan fingerprint density at radius 2 is 2.00 bits per heavy atom. The Hall–Kier alpha value is -1.10. The van der Waals surface area contributed by atoms with Crippen LogP contribution in [0, 0.1) is 5.41 Å². The van der Waals surface area contributed by atoms with Crippen molar-refractivity contribution in [3.05, 3.63) is 0 Å². The van der Waals surface area contributed by atoms with E-state index >= 15 is 0 Å². The van der Waals surface area contributed by atoms with E-state index in [4.69, 9.17) is 10.2 Å². The van der Waals surface area contributed by atoms with Crippen molar-refractivity contribution in [2.75, 3.05) is 13.2 Å². The Morgan fingerprint density at radius 1 is 1.46 bits per heavy atom. The second kappa shape index (κ2) is 4.81. The van der Waals surface area contributed by atoms with Crippen molar-refractivity contribution >= 4 is 11.9 Å². The molecule has 0 bridgehead atoms. The molecule has 0 heterocycles. The molecule has 0 fully saturated rings. The van der Waals surface area contributed by atoms with Gasteiger partial charge in [-0.15, -0.1) is 0 Å². The zero-order chi connectivity index (χ0) is 10.5. The molecule has 0 aromatic rings. The number of carbonyl (C=O) groups is 2. The first kappa shape index (κ1) is 11.9. The van der Waals surface area contributed by atoms with Crippen LogP contribution in [0.5, 0.6) is 0 Å². The number of nitrogens with one attached hydrogen (secondary N) is 1. The maximum Gasteiger partial charge on any atom is 0.304 e. The van der Waals surface area contributed by atoms with Gasteiger partial charge >= 0.3 is 5.97 Å². The van der Waals surface area contributed by atoms with E-state index in [9.17, 15) is 9.59 Å². The highest BCUT2D eigenvalue weighted by Gasteiger charge is 2.26. The third kappa shape index (κ3) is 5.19. The minimum Gasteiger partial charge on any atom is -0.481 e. The van der Waals surface area contributed by atoms with E-state index in [-0.39, 0.29) is 25.5 Å². The maximum atomic E-state index is 10.6. The Labute approximate surface area is 76.8 Å². The molecule has 13 heavy (non-hydrogen) atoms. The molecule has 0 rings (SSSR count). The fourth-order valence-corrected chi connectivity index (χ4v) is 0.877. The number of hydrogen-bond acceptors (Lipinski definition) is 3. The Kier molecular flexibility index (Phi) is 4.40. The lowest BCUT2D eigenvalue weighted by Gasteiger charge is -2.25. The monoisotopic (exact) mass is 189 g/mol. The first-order valence-corrected chi connectivity index (χ1v) is 3.97. The molecular weight excluding hydrogens is 174 g/mol. The van der Waals surface area contributed by atoms with E-state index in [1.54, 1.807) is 6.92 Å². The minimum absolute atomic E-state index is 0.163. The average Bonchev–Trinajstić information content (AvgIpc) is 2.00. The topological polar surface area (TPSA) is 86.6 Å². The minimum atomic E-state index is -0.984. The first-order valence-electron chi connectivity index (χ1n) is 3.97. The molecule has 0 aliphatic carbocycles. The fraction of sp³-hybridized carbons (Fsp3) is 0.750. The molecule has 3 N–H and O–H groups in total. The zero-order valence-electron chi connectivity index (χ0n) is 7.83. The van der Waals surface area contributed by atoms with Crippen LogP contribution >= 0.6 is 0 Å². The SMILES string of the molecule is CC(=O)NCC(C)(CO)CC(=O)O. The molecule has 0 aliphatic rings. The van der Waals surface area contributed by atoms with Gasteiger partial charge < -0.3 is 15.5 Å². The average molecular weight is 189 g/mol. The summed E-state index contributed by atoms with van der Waals surface area (Å²) >= 11 is 0. The van der Waals surface area contributed by atoms with Crippen molar-refractivity contribution in [1.29, 1.82) is 0 Å². The molecule has 5 nitrogen and oxygen atoms in total. The van der Waals surface area contributed by atoms with Gasteiger partial charge in [0.1, 0.15) is 0 Å². The van der Waals surface area contributed by atoms with Crippen molar-refractivity contribution in [3.63, 3.8) is 0 Å². The van der Waals surface area contributed by atoms with Crippen LogP contribution in [-0.2, 0) is 9.59 Å². The summed E-state index contributed by atoms with van der Waals surface area (Å²) in [5.41, 5.74) is -0.780. The lowest BCUT2D eigenvalue weighted by atomic mass is 9.88. The molecule has 0 radical (unpaired) electrons. The van der Waals surface area contributed by atoms with Crippen molar-refractivity contribution in [2.45, 2.75) is 20.3 Å². The number of hydrogen-bond donors (Lipinski definition) is 3. The normalized spacial score (nSPS) is 14.7. The molecule has 0 saturated heterocycles. The van der Waals surface area contributed by atoms with Gasteiger partial charge in [-0.2, -0.15) is 0 Å². The van der Waals surface area contributed by atoms with Crippen molar-refractivity contribution in [2.24, 2.45) is 5.41 Å². The van der Waals surface area contributed by atoms with Gasteiger partial charge in [-0.3, -0.25) is 9.59 Å². The van der Waals surface area contributed by atoms with Crippen molar-refractivity contribution in [1.82, 2.24) is 5.32 Å². The molecule has 76 valence electrons. The van der Waals surface area contributed by atoms with Crippen molar-refractivity contribution < 1.29 is 19.8 Å². The number of carbonyl (C=O) groups excluding carboxylic acids is 1. The van der Waals surface area contributed by atoms with Gasteiger partial charge in [-0.25, -0.2) is 0 Å². The molecule has 0 aromatic heterocycles. The van der Waals surface area contributed by atoms with Crippen LogP contribution in [0.3, 0.4) is 0 Å². The third-order valence-electron chi connectivity index (χ3n) is 1.72. The first-order chi connectivity index (χ1) is 5.89. The summed E-state index contributed by atoms with van der Waals surface area (Å²) in [4.78, 5) is 20.9. The van der Waals surface area contributed by atoms with Crippen molar-refractivity contribution in [3.8, 4) is 0 Å². The van der Waals surface area contributed by atoms with Gasteiger partial charge in [-0.05, 0) is 0 Å². The summed E-state index contributed by atoms with van der Waals surface area (Å²) in [6.07, 6.45) is -0.163. The van der Waals surface area contributed by atoms with E-state index in [2.05, 4.69) is 5.32 Å². The molecule has 0 aromatic carbocycles. The number of rotatable bonds is 5. The van der Waals surface area contributed by atoms with Crippen LogP contribution < -0.4 is 5.32 Å². The van der Waals surface area contributed by atoms with Crippen LogP contribution in [0.1, 0.15) is 20.3 Å². The Morgan fingerprint density at radius 3 is 2.31 bits per heavy atom. The summed E-state index contributed by atoms with van der Waals surface area (Å²) in [7, 11) is 0. The number of aliphatic carboxylic acids is 1. The second-order valence-corrected chi connectivity index (χ2v) is 3.45. The third-order valence-corrected chi connectivity index (χ3v) is 1.72. The lowest BCUT2D eigenvalue weighted by Crippen LogP contribution is -2.38. The second-order valence-electron chi connectivity index (χ2n) is 3.45. The maximum absolute atomic E-state index is 10.6. The summed E-state index contributed by atoms with van der Waals surface area (Å²) in [5.74, 6) is -1.22. The standard InChI is InChI=1S/C8H15NO4/c1-6(11)9-4-8(2,5-10)3-7(12)13/h10H,3-5H2,1-2H3,(H,9,11)(H,12,13). The fourth-order valence-electron chi connectivity index (χ4n) is 0.877. The van der Waals surface area contributed by atoms with Crippen LogP contribution in [0.25, 0.3) is 0 Å². The molecule has 0 aliphatic heterocycles. The largest absolute Gasteiger partial charge is 0.481 e. The summed E-state index contributed by atoms with van der Waals surface area (Å²) in [6.45, 7) is 2.86. The Bertz CT molecular complexity index is 204. The molecule has 1 unspecified atom stereocenters. The molecule has 0 spiro atoms. The van der Waals surface area contributed by atoms with Crippen LogP contribution in [0.2, 0.25) is 0 Å². The van der Waals surface area contributed by atoms with Gasteiger partial charge in [0.15, 0.2) is 0 Å². The number of amides is 1. The summed E-state index contributed by atoms with van der Waals surface area (Å²) in [6, 6.07) is 0. The van der Waals surface area contributed by atoms with Crippen LogP contribution in [0.15, 0.2) is 0 Å². The molecule has 1 amide bonds. The predicted molar refractivity (Wildman–Crippen MR) is 46.1 cm³/mol. The molecule has 0 saturated carbocycles. The Balaban J connectivity index is 4.10. The predicted octanol–water partition coefficient (Wildman–Crippen LogP) is -0.404. The smallest absolute Gasteiger partial charge is 0.304 e. The molecular formula is C8H15NO4. The van der Waals surface area contributed by atoms with Crippen LogP contribution in [0.4, 0.5) is 0 Å². The number of carboxylic acid groups (broad SMARTS) is 1. The summed E-state index contributed by atoms with van der Waals surface area (Å²) in [5, 5.41) is 19.9. The van der Waals surface area contributed by atoms with E-state index in [0.717, 1.165) is 0 Å². The summed E-state index contributed by atoms with van der Waals surface area (Å²) < 4.78 is 0. The molecule has 5 heteroatoms. The van der Waals surface area contributed by atoms with E-state index in [0.29, 0.717) is 0 Å². The highest BCUT2D eigenvalue weighted by molar-refractivity contribution is 5.73. The van der Waals surface area contributed by atoms with Gasteiger partial charge in [0, 0.05) is 18.9 Å². The molecule has 1 atom stereocenters. The van der Waals surface area contributed by atoms with E-state index < -0.39 is 11.4 Å². The lowest BCUT2D eigenvalue weighted by molar-refractivity contribution is -0.140. The highest BCUT2D eigenvalue weighted by Crippen LogP contribution is 2.18. The van der Waals surface area contributed by atoms with Gasteiger partial charge in [0.05, 0.1) is 13.0 Å². The highest BCUT2D eigenvalue weighted by atomic mass is 16.4. The number of carboxylic acids is 1. The van der Waals surface area contributed by atoms with Gasteiger partial charge in [0.2, 0.25) is 5.91 Å². The number of aliphatic hydroxyl groups excluding tert-OH is 1. The van der Waals surface area contributed by atoms with E-state index in [1.807, 2.05) is 0 Å². The zero-order valence-corrected chi connectivity index (χ0v) is 7.83. The number of aliphatic hydroxyl groups is 1. The van der Waals surface area contributed by atoms with Gasteiger partial charge in [0.25, 0.3) is 0 Å². The quantitative estimate of drug-likeness (QED) is 0.549.